The Balaban J connectivity index is 2.62. The van der Waals surface area contributed by atoms with Crippen molar-refractivity contribution in [2.24, 2.45) is 0 Å². The van der Waals surface area contributed by atoms with Crippen LogP contribution in [0.15, 0.2) is 6.20 Å². The fraction of sp³-hybridized carbons (Fsp3) is 0.571. The second-order valence-electron chi connectivity index (χ2n) is 4.74. The maximum absolute atomic E-state index is 11.8. The summed E-state index contributed by atoms with van der Waals surface area (Å²) in [6.45, 7) is 4.36. The number of aliphatic hydroxyl groups is 1. The van der Waals surface area contributed by atoms with Crippen molar-refractivity contribution in [1.29, 1.82) is 0 Å². The van der Waals surface area contributed by atoms with E-state index in [2.05, 4.69) is 15.6 Å². The van der Waals surface area contributed by atoms with Gasteiger partial charge in [-0.2, -0.15) is 0 Å². The Morgan fingerprint density at radius 3 is 2.86 bits per heavy atom. The molecular formula is C14H23N3O4. The van der Waals surface area contributed by atoms with E-state index in [0.717, 1.165) is 0 Å². The Kier molecular flexibility index (Phi) is 7.07. The summed E-state index contributed by atoms with van der Waals surface area (Å²) in [4.78, 5) is 15.8. The average molecular weight is 297 g/mol. The van der Waals surface area contributed by atoms with Gasteiger partial charge in [0, 0.05) is 37.5 Å². The normalized spacial score (nSPS) is 12.2. The van der Waals surface area contributed by atoms with E-state index >= 15 is 0 Å². The molecular weight excluding hydrogens is 274 g/mol. The zero-order valence-corrected chi connectivity index (χ0v) is 12.6. The van der Waals surface area contributed by atoms with Crippen molar-refractivity contribution in [2.75, 3.05) is 20.3 Å². The standard InChI is InChI=1S/C14H23N3O4/c1-9-13(19)12(11(8-18)6-16-9)7-17-10(2)14(20)15-4-5-21-3/h6,10,17-19H,4-5,7-8H2,1-3H3,(H,15,20). The predicted molar refractivity (Wildman–Crippen MR) is 77.7 cm³/mol. The maximum atomic E-state index is 11.8. The number of aromatic nitrogens is 1. The van der Waals surface area contributed by atoms with Gasteiger partial charge in [-0.05, 0) is 13.8 Å². The summed E-state index contributed by atoms with van der Waals surface area (Å²) in [6.07, 6.45) is 1.52. The first kappa shape index (κ1) is 17.4. The minimum atomic E-state index is -0.429. The van der Waals surface area contributed by atoms with E-state index < -0.39 is 6.04 Å². The molecule has 1 amide bonds. The SMILES string of the molecule is COCCNC(=O)C(C)NCc1c(CO)cnc(C)c1O. The molecule has 0 fully saturated rings. The number of rotatable bonds is 8. The van der Waals surface area contributed by atoms with E-state index in [9.17, 15) is 15.0 Å². The van der Waals surface area contributed by atoms with Crippen LogP contribution in [0, 0.1) is 6.92 Å². The number of ether oxygens (including phenoxy) is 1. The maximum Gasteiger partial charge on any atom is 0.236 e. The number of aliphatic hydroxyl groups excluding tert-OH is 1. The molecule has 0 spiro atoms. The number of methoxy groups -OCH3 is 1. The lowest BCUT2D eigenvalue weighted by molar-refractivity contribution is -0.123. The number of amides is 1. The number of nitrogens with zero attached hydrogens (tertiary/aromatic N) is 1. The molecule has 0 aliphatic rings. The van der Waals surface area contributed by atoms with E-state index in [-0.39, 0.29) is 24.8 Å². The molecule has 1 atom stereocenters. The fourth-order valence-corrected chi connectivity index (χ4v) is 1.80. The number of aryl methyl sites for hydroxylation is 1. The molecule has 0 radical (unpaired) electrons. The molecule has 7 heteroatoms. The van der Waals surface area contributed by atoms with E-state index in [1.165, 1.54) is 6.20 Å². The Labute approximate surface area is 124 Å². The fourth-order valence-electron chi connectivity index (χ4n) is 1.80. The molecule has 1 aromatic heterocycles. The van der Waals surface area contributed by atoms with E-state index in [1.807, 2.05) is 0 Å². The minimum Gasteiger partial charge on any atom is -0.506 e. The number of hydrogen-bond acceptors (Lipinski definition) is 6. The van der Waals surface area contributed by atoms with E-state index in [1.54, 1.807) is 21.0 Å². The van der Waals surface area contributed by atoms with Gasteiger partial charge in [-0.3, -0.25) is 9.78 Å². The molecule has 0 aliphatic carbocycles. The Hall–Kier alpha value is -1.70. The molecule has 7 nitrogen and oxygen atoms in total. The third-order valence-electron chi connectivity index (χ3n) is 3.18. The van der Waals surface area contributed by atoms with E-state index in [4.69, 9.17) is 4.74 Å². The van der Waals surface area contributed by atoms with Crippen molar-refractivity contribution >= 4 is 5.91 Å². The summed E-state index contributed by atoms with van der Waals surface area (Å²) >= 11 is 0. The topological polar surface area (TPSA) is 104 Å². The van der Waals surface area contributed by atoms with Crippen LogP contribution >= 0.6 is 0 Å². The molecule has 1 rings (SSSR count). The van der Waals surface area contributed by atoms with Gasteiger partial charge < -0.3 is 25.6 Å². The largest absolute Gasteiger partial charge is 0.506 e. The lowest BCUT2D eigenvalue weighted by atomic mass is 10.1. The van der Waals surface area contributed by atoms with Crippen LogP contribution in [0.25, 0.3) is 0 Å². The van der Waals surface area contributed by atoms with Crippen LogP contribution < -0.4 is 10.6 Å². The Morgan fingerprint density at radius 2 is 2.24 bits per heavy atom. The summed E-state index contributed by atoms with van der Waals surface area (Å²) in [7, 11) is 1.57. The van der Waals surface area contributed by atoms with Crippen LogP contribution in [0.5, 0.6) is 5.75 Å². The number of carbonyl (C=O) groups is 1. The molecule has 0 saturated heterocycles. The molecule has 1 aromatic rings. The van der Waals surface area contributed by atoms with Gasteiger partial charge in [0.2, 0.25) is 5.91 Å². The second-order valence-corrected chi connectivity index (χ2v) is 4.74. The quantitative estimate of drug-likeness (QED) is 0.497. The van der Waals surface area contributed by atoms with Crippen molar-refractivity contribution < 1.29 is 19.7 Å². The van der Waals surface area contributed by atoms with Crippen molar-refractivity contribution in [3.8, 4) is 5.75 Å². The smallest absolute Gasteiger partial charge is 0.236 e. The number of aromatic hydroxyl groups is 1. The van der Waals surface area contributed by atoms with Gasteiger partial charge in [-0.1, -0.05) is 0 Å². The molecule has 4 N–H and O–H groups in total. The van der Waals surface area contributed by atoms with Gasteiger partial charge >= 0.3 is 0 Å². The summed E-state index contributed by atoms with van der Waals surface area (Å²) in [5, 5.41) is 25.0. The number of nitrogens with one attached hydrogen (secondary N) is 2. The molecule has 1 unspecified atom stereocenters. The summed E-state index contributed by atoms with van der Waals surface area (Å²) in [6, 6.07) is -0.429. The third kappa shape index (κ3) is 4.96. The van der Waals surface area contributed by atoms with Crippen LogP contribution in [0.2, 0.25) is 0 Å². The molecule has 0 aliphatic heterocycles. The lowest BCUT2D eigenvalue weighted by Gasteiger charge is -2.16. The second kappa shape index (κ2) is 8.56. The zero-order chi connectivity index (χ0) is 15.8. The van der Waals surface area contributed by atoms with Crippen molar-refractivity contribution in [1.82, 2.24) is 15.6 Å². The molecule has 21 heavy (non-hydrogen) atoms. The molecule has 0 saturated carbocycles. The summed E-state index contributed by atoms with van der Waals surface area (Å²) in [5.74, 6) is -0.107. The van der Waals surface area contributed by atoms with Crippen molar-refractivity contribution in [3.05, 3.63) is 23.0 Å². The third-order valence-corrected chi connectivity index (χ3v) is 3.18. The van der Waals surface area contributed by atoms with Crippen LogP contribution in [0.3, 0.4) is 0 Å². The summed E-state index contributed by atoms with van der Waals surface area (Å²) in [5.41, 5.74) is 1.58. The number of pyridine rings is 1. The first-order valence-electron chi connectivity index (χ1n) is 6.78. The highest BCUT2D eigenvalue weighted by Crippen LogP contribution is 2.23. The number of carbonyl (C=O) groups excluding carboxylic acids is 1. The first-order valence-corrected chi connectivity index (χ1v) is 6.78. The van der Waals surface area contributed by atoms with Gasteiger partial charge in [-0.15, -0.1) is 0 Å². The van der Waals surface area contributed by atoms with Gasteiger partial charge in [0.1, 0.15) is 5.75 Å². The minimum absolute atomic E-state index is 0.0426. The highest BCUT2D eigenvalue weighted by atomic mass is 16.5. The van der Waals surface area contributed by atoms with Gasteiger partial charge in [0.05, 0.1) is 24.9 Å². The van der Waals surface area contributed by atoms with Crippen LogP contribution in [-0.4, -0.2) is 47.4 Å². The van der Waals surface area contributed by atoms with Gasteiger partial charge in [0.15, 0.2) is 0 Å². The van der Waals surface area contributed by atoms with Crippen molar-refractivity contribution in [3.63, 3.8) is 0 Å². The lowest BCUT2D eigenvalue weighted by Crippen LogP contribution is -2.43. The van der Waals surface area contributed by atoms with Gasteiger partial charge in [0.25, 0.3) is 0 Å². The van der Waals surface area contributed by atoms with Crippen LogP contribution in [-0.2, 0) is 22.7 Å². The van der Waals surface area contributed by atoms with Crippen molar-refractivity contribution in [2.45, 2.75) is 33.0 Å². The Morgan fingerprint density at radius 1 is 1.52 bits per heavy atom. The predicted octanol–water partition coefficient (Wildman–Crippen LogP) is -0.171. The zero-order valence-electron chi connectivity index (χ0n) is 12.6. The monoisotopic (exact) mass is 297 g/mol. The first-order chi connectivity index (χ1) is 10.0. The molecule has 118 valence electrons. The van der Waals surface area contributed by atoms with E-state index in [0.29, 0.717) is 30.0 Å². The molecule has 1 heterocycles. The number of hydrogen-bond donors (Lipinski definition) is 4. The highest BCUT2D eigenvalue weighted by molar-refractivity contribution is 5.81. The summed E-state index contributed by atoms with van der Waals surface area (Å²) < 4.78 is 4.86. The molecule has 0 aromatic carbocycles. The van der Waals surface area contributed by atoms with Gasteiger partial charge in [-0.25, -0.2) is 0 Å². The average Bonchev–Trinajstić information content (AvgIpc) is 2.48. The van der Waals surface area contributed by atoms with Crippen LogP contribution in [0.4, 0.5) is 0 Å². The van der Waals surface area contributed by atoms with Crippen LogP contribution in [0.1, 0.15) is 23.7 Å². The Bertz CT molecular complexity index is 480. The highest BCUT2D eigenvalue weighted by Gasteiger charge is 2.15. The molecule has 0 bridgehead atoms.